The average molecular weight is 307 g/mol. The Morgan fingerprint density at radius 2 is 1.45 bits per heavy atom. The molecule has 5 heteroatoms. The van der Waals surface area contributed by atoms with Crippen LogP contribution in [-0.4, -0.2) is 32.7 Å². The van der Waals surface area contributed by atoms with Gasteiger partial charge in [-0.2, -0.15) is 0 Å². The number of hydrogen-bond acceptors (Lipinski definition) is 2. The SMILES string of the molecule is C[Si](C)(C)N([C@@H]1C(=O)N[C@H]1c1ccccc1)[Si](C)(C)C. The maximum atomic E-state index is 12.2. The summed E-state index contributed by atoms with van der Waals surface area (Å²) in [7, 11) is -3.07. The molecule has 0 spiro atoms. The zero-order valence-electron chi connectivity index (χ0n) is 13.4. The van der Waals surface area contributed by atoms with Crippen molar-refractivity contribution < 1.29 is 4.79 Å². The van der Waals surface area contributed by atoms with Crippen LogP contribution < -0.4 is 5.32 Å². The molecule has 3 nitrogen and oxygen atoms in total. The number of nitrogens with one attached hydrogen (secondary N) is 1. The number of β-lactam (4-membered cyclic amide) rings is 1. The fourth-order valence-electron chi connectivity index (χ4n) is 3.41. The van der Waals surface area contributed by atoms with Crippen molar-refractivity contribution in [2.75, 3.05) is 0 Å². The van der Waals surface area contributed by atoms with E-state index in [2.05, 4.69) is 61.0 Å². The molecule has 1 fully saturated rings. The Morgan fingerprint density at radius 1 is 0.950 bits per heavy atom. The van der Waals surface area contributed by atoms with Crippen LogP contribution in [0.1, 0.15) is 11.6 Å². The molecule has 1 N–H and O–H groups in total. The van der Waals surface area contributed by atoms with Crippen LogP contribution in [-0.2, 0) is 4.79 Å². The molecule has 110 valence electrons. The van der Waals surface area contributed by atoms with Crippen molar-refractivity contribution in [3.63, 3.8) is 0 Å². The van der Waals surface area contributed by atoms with Gasteiger partial charge in [0.25, 0.3) is 0 Å². The van der Waals surface area contributed by atoms with Gasteiger partial charge in [-0.25, -0.2) is 0 Å². The summed E-state index contributed by atoms with van der Waals surface area (Å²) in [6.45, 7) is 14.1. The van der Waals surface area contributed by atoms with Crippen molar-refractivity contribution in [3.05, 3.63) is 35.9 Å². The Kier molecular flexibility index (Phi) is 3.97. The first-order valence-corrected chi connectivity index (χ1v) is 14.2. The Balaban J connectivity index is 2.35. The summed E-state index contributed by atoms with van der Waals surface area (Å²) in [6.07, 6.45) is 0. The lowest BCUT2D eigenvalue weighted by atomic mass is 9.92. The third kappa shape index (κ3) is 2.89. The highest BCUT2D eigenvalue weighted by Gasteiger charge is 2.51. The summed E-state index contributed by atoms with van der Waals surface area (Å²) in [6, 6.07) is 10.5. The standard InChI is InChI=1S/C15H26N2OSi2/c1-19(2,3)17(20(4,5)6)14-13(16-15(14)18)12-10-8-7-9-11-12/h7-11,13-14H,1-6H3,(H,16,18)/t13-,14-/m0/s1. The van der Waals surface area contributed by atoms with Gasteiger partial charge in [0.2, 0.25) is 5.91 Å². The number of hydrogen-bond donors (Lipinski definition) is 1. The topological polar surface area (TPSA) is 32.3 Å². The van der Waals surface area contributed by atoms with E-state index in [9.17, 15) is 4.79 Å². The van der Waals surface area contributed by atoms with E-state index in [1.165, 1.54) is 5.56 Å². The minimum absolute atomic E-state index is 0.0238. The molecule has 1 aliphatic rings. The van der Waals surface area contributed by atoms with E-state index >= 15 is 0 Å². The third-order valence-corrected chi connectivity index (χ3v) is 11.2. The molecule has 0 radical (unpaired) electrons. The molecular weight excluding hydrogens is 280 g/mol. The number of carbonyl (C=O) groups is 1. The number of amides is 1. The Bertz CT molecular complexity index is 477. The normalized spacial score (nSPS) is 23.4. The Hall–Kier alpha value is -0.916. The van der Waals surface area contributed by atoms with Crippen LogP contribution in [0, 0.1) is 0 Å². The van der Waals surface area contributed by atoms with Crippen molar-refractivity contribution in [1.29, 1.82) is 0 Å². The van der Waals surface area contributed by atoms with Crippen LogP contribution in [0.2, 0.25) is 39.3 Å². The summed E-state index contributed by atoms with van der Waals surface area (Å²) in [5.41, 5.74) is 1.22. The average Bonchev–Trinajstić information content (AvgIpc) is 2.31. The van der Waals surface area contributed by atoms with E-state index in [-0.39, 0.29) is 18.0 Å². The van der Waals surface area contributed by atoms with E-state index in [1.807, 2.05) is 18.2 Å². The molecule has 1 aromatic carbocycles. The number of benzene rings is 1. The van der Waals surface area contributed by atoms with Crippen LogP contribution in [0.5, 0.6) is 0 Å². The summed E-state index contributed by atoms with van der Waals surface area (Å²) >= 11 is 0. The van der Waals surface area contributed by atoms with Crippen molar-refractivity contribution in [2.24, 2.45) is 0 Å². The second-order valence-corrected chi connectivity index (χ2v) is 17.6. The van der Waals surface area contributed by atoms with Crippen molar-refractivity contribution >= 4 is 22.4 Å². The Labute approximate surface area is 124 Å². The third-order valence-electron chi connectivity index (χ3n) is 3.76. The van der Waals surface area contributed by atoms with Crippen molar-refractivity contribution in [1.82, 2.24) is 9.55 Å². The van der Waals surface area contributed by atoms with Gasteiger partial charge < -0.3 is 9.55 Å². The first-order valence-electron chi connectivity index (χ1n) is 7.27. The van der Waals surface area contributed by atoms with Crippen LogP contribution in [0.15, 0.2) is 30.3 Å². The number of rotatable bonds is 4. The molecule has 0 bridgehead atoms. The van der Waals surface area contributed by atoms with Gasteiger partial charge in [0.1, 0.15) is 22.5 Å². The number of nitrogens with zero attached hydrogens (tertiary/aromatic N) is 1. The highest BCUT2D eigenvalue weighted by Crippen LogP contribution is 2.35. The van der Waals surface area contributed by atoms with Crippen molar-refractivity contribution in [2.45, 2.75) is 51.4 Å². The zero-order chi connectivity index (χ0) is 15.1. The fraction of sp³-hybridized carbons (Fsp3) is 0.533. The largest absolute Gasteiger partial charge is 0.346 e. The van der Waals surface area contributed by atoms with Crippen LogP contribution in [0.3, 0.4) is 0 Å². The van der Waals surface area contributed by atoms with Gasteiger partial charge in [-0.15, -0.1) is 0 Å². The van der Waals surface area contributed by atoms with E-state index in [4.69, 9.17) is 0 Å². The van der Waals surface area contributed by atoms with Gasteiger partial charge in [-0.1, -0.05) is 69.6 Å². The molecule has 0 aromatic heterocycles. The first-order chi connectivity index (χ1) is 9.12. The lowest BCUT2D eigenvalue weighted by molar-refractivity contribution is -0.133. The van der Waals surface area contributed by atoms with Crippen LogP contribution in [0.4, 0.5) is 0 Å². The summed E-state index contributed by atoms with van der Waals surface area (Å²) in [5, 5.41) is 3.10. The molecule has 20 heavy (non-hydrogen) atoms. The summed E-state index contributed by atoms with van der Waals surface area (Å²) < 4.78 is 2.61. The lowest BCUT2D eigenvalue weighted by Gasteiger charge is -2.54. The minimum Gasteiger partial charge on any atom is -0.346 e. The first kappa shape index (κ1) is 15.5. The van der Waals surface area contributed by atoms with Gasteiger partial charge in [0.15, 0.2) is 0 Å². The monoisotopic (exact) mass is 306 g/mol. The predicted octanol–water partition coefficient (Wildman–Crippen LogP) is 3.20. The molecule has 2 atom stereocenters. The molecule has 0 unspecified atom stereocenters. The number of carbonyl (C=O) groups excluding carboxylic acids is 1. The molecule has 1 aliphatic heterocycles. The smallest absolute Gasteiger partial charge is 0.239 e. The molecule has 1 aromatic rings. The second kappa shape index (κ2) is 5.13. The molecular formula is C15H26N2OSi2. The van der Waals surface area contributed by atoms with Crippen LogP contribution in [0.25, 0.3) is 0 Å². The predicted molar refractivity (Wildman–Crippen MR) is 89.6 cm³/mol. The van der Waals surface area contributed by atoms with Gasteiger partial charge >= 0.3 is 0 Å². The van der Waals surface area contributed by atoms with Gasteiger partial charge in [0, 0.05) is 0 Å². The highest BCUT2D eigenvalue weighted by molar-refractivity contribution is 6.89. The van der Waals surface area contributed by atoms with Crippen molar-refractivity contribution in [3.8, 4) is 0 Å². The van der Waals surface area contributed by atoms with Crippen LogP contribution >= 0.6 is 0 Å². The molecule has 1 heterocycles. The molecule has 0 saturated carbocycles. The van der Waals surface area contributed by atoms with E-state index in [0.717, 1.165) is 0 Å². The van der Waals surface area contributed by atoms with Gasteiger partial charge in [-0.3, -0.25) is 4.79 Å². The molecule has 2 rings (SSSR count). The van der Waals surface area contributed by atoms with Gasteiger partial charge in [0.05, 0.1) is 6.04 Å². The quantitative estimate of drug-likeness (QED) is 0.684. The second-order valence-electron chi connectivity index (χ2n) is 7.55. The van der Waals surface area contributed by atoms with E-state index in [0.29, 0.717) is 0 Å². The molecule has 0 aliphatic carbocycles. The van der Waals surface area contributed by atoms with E-state index in [1.54, 1.807) is 0 Å². The minimum atomic E-state index is -1.54. The maximum Gasteiger partial charge on any atom is 0.239 e. The fourth-order valence-corrected chi connectivity index (χ4v) is 13.7. The molecule has 1 amide bonds. The Morgan fingerprint density at radius 3 is 1.85 bits per heavy atom. The zero-order valence-corrected chi connectivity index (χ0v) is 15.4. The maximum absolute atomic E-state index is 12.2. The lowest BCUT2D eigenvalue weighted by Crippen LogP contribution is -2.74. The summed E-state index contributed by atoms with van der Waals surface area (Å²) in [4.78, 5) is 12.2. The molecule has 1 saturated heterocycles. The van der Waals surface area contributed by atoms with E-state index < -0.39 is 16.5 Å². The van der Waals surface area contributed by atoms with Gasteiger partial charge in [-0.05, 0) is 5.56 Å². The highest BCUT2D eigenvalue weighted by atomic mass is 28.4. The summed E-state index contributed by atoms with van der Waals surface area (Å²) in [5.74, 6) is 0.198.